The highest BCUT2D eigenvalue weighted by Gasteiger charge is 2.23. The molecule has 0 saturated carbocycles. The van der Waals surface area contributed by atoms with E-state index in [1.807, 2.05) is 20.8 Å². The lowest BCUT2D eigenvalue weighted by Crippen LogP contribution is -2.36. The van der Waals surface area contributed by atoms with Crippen molar-refractivity contribution in [1.29, 1.82) is 0 Å². The predicted octanol–water partition coefficient (Wildman–Crippen LogP) is 0.973. The van der Waals surface area contributed by atoms with Crippen molar-refractivity contribution in [2.24, 2.45) is 4.99 Å². The fraction of sp³-hybridized carbons (Fsp3) is 0.909. The van der Waals surface area contributed by atoms with Crippen LogP contribution in [0.2, 0.25) is 0 Å². The predicted molar refractivity (Wildman–Crippen MR) is 67.4 cm³/mol. The third-order valence-electron chi connectivity index (χ3n) is 2.43. The number of hydrogen-bond acceptors (Lipinski definition) is 4. The molecule has 0 heterocycles. The Hall–Kier alpha value is -0.483. The summed E-state index contributed by atoms with van der Waals surface area (Å²) in [4.78, 5) is 13.7. The number of nitrogens with zero attached hydrogens (tertiary/aromatic N) is 1. The van der Waals surface area contributed by atoms with Crippen molar-refractivity contribution in [3.63, 3.8) is 0 Å². The van der Waals surface area contributed by atoms with Gasteiger partial charge in [0.05, 0.1) is 16.3 Å². The van der Waals surface area contributed by atoms with Gasteiger partial charge in [0, 0.05) is 13.2 Å². The molecule has 0 amide bonds. The molecule has 0 aliphatic rings. The minimum atomic E-state index is -0.367. The molecule has 0 saturated heterocycles. The minimum Gasteiger partial charge on any atom is -0.355 e. The van der Waals surface area contributed by atoms with E-state index in [1.165, 1.54) is 0 Å². The van der Waals surface area contributed by atoms with Crippen LogP contribution in [-0.2, 0) is 14.3 Å². The Balaban J connectivity index is 3.96. The summed E-state index contributed by atoms with van der Waals surface area (Å²) >= 11 is 0. The zero-order valence-corrected chi connectivity index (χ0v) is 12.8. The van der Waals surface area contributed by atoms with Crippen LogP contribution in [0.4, 0.5) is 0 Å². The average Bonchev–Trinajstić information content (AvgIpc) is 2.18. The fourth-order valence-electron chi connectivity index (χ4n) is 1.67. The van der Waals surface area contributed by atoms with Crippen molar-refractivity contribution in [2.75, 3.05) is 13.2 Å². The van der Waals surface area contributed by atoms with Gasteiger partial charge >= 0.3 is 0 Å². The zero-order chi connectivity index (χ0) is 12.4. The van der Waals surface area contributed by atoms with Crippen LogP contribution in [-0.4, -0.2) is 41.0 Å². The standard InChI is InChI=1S/C11H23NO3Si/c1-4-14-11(16,15-5-2)8-6-7-10(3)12-9-13/h10H,4-8H2,1-3,16H3. The Kier molecular flexibility index (Phi) is 8.38. The van der Waals surface area contributed by atoms with E-state index in [0.717, 1.165) is 29.5 Å². The lowest BCUT2D eigenvalue weighted by molar-refractivity contribution is -0.177. The summed E-state index contributed by atoms with van der Waals surface area (Å²) in [5, 5.41) is 0. The Labute approximate surface area is 101 Å². The van der Waals surface area contributed by atoms with Crippen LogP contribution in [0.5, 0.6) is 0 Å². The van der Waals surface area contributed by atoms with Gasteiger partial charge in [-0.05, 0) is 40.0 Å². The number of hydrogen-bond donors (Lipinski definition) is 0. The third kappa shape index (κ3) is 6.90. The molecule has 0 N–H and O–H groups in total. The van der Waals surface area contributed by atoms with E-state index >= 15 is 0 Å². The summed E-state index contributed by atoms with van der Waals surface area (Å²) in [5.41, 5.74) is -0.367. The van der Waals surface area contributed by atoms with Gasteiger partial charge in [0.25, 0.3) is 0 Å². The first-order valence-electron chi connectivity index (χ1n) is 5.92. The van der Waals surface area contributed by atoms with Crippen LogP contribution < -0.4 is 0 Å². The van der Waals surface area contributed by atoms with Crippen molar-refractivity contribution >= 4 is 16.3 Å². The van der Waals surface area contributed by atoms with Crippen LogP contribution in [0.3, 0.4) is 0 Å². The van der Waals surface area contributed by atoms with Gasteiger partial charge in [0.2, 0.25) is 6.08 Å². The Bertz CT molecular complexity index is 223. The summed E-state index contributed by atoms with van der Waals surface area (Å²) in [6.45, 7) is 7.22. The van der Waals surface area contributed by atoms with Gasteiger partial charge in [-0.15, -0.1) is 0 Å². The zero-order valence-electron chi connectivity index (χ0n) is 10.8. The highest BCUT2D eigenvalue weighted by Crippen LogP contribution is 2.18. The molecule has 0 fully saturated rings. The number of aliphatic imine (C=N–C) groups is 1. The normalized spacial score (nSPS) is 13.4. The number of carbonyl (C=O) groups excluding carboxylic acids is 1. The van der Waals surface area contributed by atoms with Crippen molar-refractivity contribution in [1.82, 2.24) is 0 Å². The van der Waals surface area contributed by atoms with E-state index in [4.69, 9.17) is 9.47 Å². The van der Waals surface area contributed by atoms with Crippen LogP contribution in [0, 0.1) is 0 Å². The second kappa shape index (κ2) is 8.64. The number of rotatable bonds is 9. The first-order valence-corrected chi connectivity index (χ1v) is 6.92. The summed E-state index contributed by atoms with van der Waals surface area (Å²) in [7, 11) is 0.848. The largest absolute Gasteiger partial charge is 0.355 e. The van der Waals surface area contributed by atoms with Crippen molar-refractivity contribution in [3.8, 4) is 0 Å². The molecule has 0 aliphatic carbocycles. The van der Waals surface area contributed by atoms with E-state index in [1.54, 1.807) is 6.08 Å². The lowest BCUT2D eigenvalue weighted by atomic mass is 10.1. The van der Waals surface area contributed by atoms with Gasteiger partial charge in [-0.1, -0.05) is 0 Å². The Morgan fingerprint density at radius 3 is 2.38 bits per heavy atom. The van der Waals surface area contributed by atoms with E-state index in [-0.39, 0.29) is 11.5 Å². The fourth-order valence-corrected chi connectivity index (χ4v) is 2.60. The second-order valence-corrected chi connectivity index (χ2v) is 5.49. The molecule has 1 atom stereocenters. The molecule has 0 aromatic rings. The molecule has 5 heteroatoms. The van der Waals surface area contributed by atoms with Crippen molar-refractivity contribution in [3.05, 3.63) is 0 Å². The maximum Gasteiger partial charge on any atom is 0.235 e. The molecule has 4 nitrogen and oxygen atoms in total. The van der Waals surface area contributed by atoms with Gasteiger partial charge in [-0.2, -0.15) is 0 Å². The summed E-state index contributed by atoms with van der Waals surface area (Å²) in [6, 6.07) is 0.0478. The lowest BCUT2D eigenvalue weighted by Gasteiger charge is -2.29. The van der Waals surface area contributed by atoms with Crippen LogP contribution in [0.25, 0.3) is 0 Å². The van der Waals surface area contributed by atoms with Crippen LogP contribution >= 0.6 is 0 Å². The molecule has 0 aliphatic heterocycles. The van der Waals surface area contributed by atoms with Gasteiger partial charge in [0.1, 0.15) is 5.41 Å². The molecule has 0 spiro atoms. The molecular formula is C11H23NO3Si. The van der Waals surface area contributed by atoms with Crippen LogP contribution in [0.15, 0.2) is 4.99 Å². The topological polar surface area (TPSA) is 47.9 Å². The minimum absolute atomic E-state index is 0.0478. The molecule has 94 valence electrons. The molecule has 0 rings (SSSR count). The molecular weight excluding hydrogens is 222 g/mol. The van der Waals surface area contributed by atoms with Crippen molar-refractivity contribution in [2.45, 2.75) is 51.5 Å². The average molecular weight is 245 g/mol. The summed E-state index contributed by atoms with van der Waals surface area (Å²) < 4.78 is 11.3. The third-order valence-corrected chi connectivity index (χ3v) is 3.50. The van der Waals surface area contributed by atoms with E-state index in [9.17, 15) is 4.79 Å². The molecule has 0 aromatic carbocycles. The maximum atomic E-state index is 10.0. The van der Waals surface area contributed by atoms with Gasteiger partial charge in [-0.3, -0.25) is 0 Å². The van der Waals surface area contributed by atoms with Gasteiger partial charge in [0.15, 0.2) is 0 Å². The van der Waals surface area contributed by atoms with E-state index < -0.39 is 0 Å². The van der Waals surface area contributed by atoms with Gasteiger partial charge < -0.3 is 9.47 Å². The smallest absolute Gasteiger partial charge is 0.235 e. The molecule has 0 radical (unpaired) electrons. The van der Waals surface area contributed by atoms with Crippen LogP contribution in [0.1, 0.15) is 40.0 Å². The van der Waals surface area contributed by atoms with Gasteiger partial charge in [-0.25, -0.2) is 9.79 Å². The molecule has 0 aromatic heterocycles. The highest BCUT2D eigenvalue weighted by atomic mass is 28.1. The first kappa shape index (κ1) is 15.5. The molecule has 16 heavy (non-hydrogen) atoms. The Morgan fingerprint density at radius 1 is 1.38 bits per heavy atom. The van der Waals surface area contributed by atoms with E-state index in [2.05, 4.69) is 4.99 Å². The second-order valence-electron chi connectivity index (χ2n) is 3.96. The molecule has 1 unspecified atom stereocenters. The maximum absolute atomic E-state index is 10.0. The quantitative estimate of drug-likeness (QED) is 0.263. The Morgan fingerprint density at radius 2 is 1.94 bits per heavy atom. The van der Waals surface area contributed by atoms with E-state index in [0.29, 0.717) is 13.2 Å². The monoisotopic (exact) mass is 245 g/mol. The SMILES string of the molecule is CCOC([SiH3])(CCCC(C)N=C=O)OCC. The van der Waals surface area contributed by atoms with Crippen molar-refractivity contribution < 1.29 is 14.3 Å². The first-order chi connectivity index (χ1) is 7.58. The highest BCUT2D eigenvalue weighted by molar-refractivity contribution is 6.13. The summed E-state index contributed by atoms with van der Waals surface area (Å²) in [5.74, 6) is 0. The molecule has 0 bridgehead atoms. The summed E-state index contributed by atoms with van der Waals surface area (Å²) in [6.07, 6.45) is 4.29. The number of isocyanates is 1. The number of ether oxygens (including phenoxy) is 2.